The molecule has 3 aromatic rings. The van der Waals surface area contributed by atoms with Crippen molar-refractivity contribution in [3.63, 3.8) is 0 Å². The summed E-state index contributed by atoms with van der Waals surface area (Å²) in [6.07, 6.45) is 2.27. The fraction of sp³-hybridized carbons (Fsp3) is 0.200. The highest BCUT2D eigenvalue weighted by atomic mass is 35.5. The lowest BCUT2D eigenvalue weighted by Gasteiger charge is -2.18. The zero-order valence-electron chi connectivity index (χ0n) is 14.8. The predicted octanol–water partition coefficient (Wildman–Crippen LogP) is 2.86. The van der Waals surface area contributed by atoms with Crippen LogP contribution in [0.15, 0.2) is 54.7 Å². The van der Waals surface area contributed by atoms with Crippen LogP contribution in [-0.2, 0) is 6.42 Å². The number of aromatic nitrogens is 2. The average Bonchev–Trinajstić information content (AvgIpc) is 3.28. The second-order valence-electron chi connectivity index (χ2n) is 6.40. The SMILES string of the molecule is COc1cccc(-c2[nH]ncc2C(=O)N[C@H]2Cc3ccccc3[C@@H]2N)c1.Cl. The molecule has 1 heterocycles. The number of benzene rings is 2. The van der Waals surface area contributed by atoms with Gasteiger partial charge in [0.1, 0.15) is 5.75 Å². The number of halogens is 1. The Morgan fingerprint density at radius 2 is 2.07 bits per heavy atom. The quantitative estimate of drug-likeness (QED) is 0.644. The molecule has 7 heteroatoms. The molecular formula is C20H21ClN4O2. The highest BCUT2D eigenvalue weighted by Crippen LogP contribution is 2.30. The number of hydrogen-bond donors (Lipinski definition) is 3. The van der Waals surface area contributed by atoms with Crippen LogP contribution in [0.2, 0.25) is 0 Å². The van der Waals surface area contributed by atoms with Crippen LogP contribution in [0, 0.1) is 0 Å². The lowest BCUT2D eigenvalue weighted by molar-refractivity contribution is 0.0934. The number of ether oxygens (including phenoxy) is 1. The summed E-state index contributed by atoms with van der Waals surface area (Å²) in [5, 5.41) is 10.0. The van der Waals surface area contributed by atoms with E-state index in [2.05, 4.69) is 21.6 Å². The third kappa shape index (κ3) is 3.54. The van der Waals surface area contributed by atoms with Crippen LogP contribution < -0.4 is 15.8 Å². The monoisotopic (exact) mass is 384 g/mol. The molecule has 0 radical (unpaired) electrons. The van der Waals surface area contributed by atoms with Gasteiger partial charge in [0.2, 0.25) is 0 Å². The number of H-pyrrole nitrogens is 1. The third-order valence-electron chi connectivity index (χ3n) is 4.85. The molecule has 0 saturated heterocycles. The summed E-state index contributed by atoms with van der Waals surface area (Å²) in [5.41, 5.74) is 10.6. The molecule has 1 amide bonds. The molecule has 4 rings (SSSR count). The van der Waals surface area contributed by atoms with Crippen LogP contribution in [0.4, 0.5) is 0 Å². The molecule has 2 atom stereocenters. The zero-order valence-corrected chi connectivity index (χ0v) is 15.6. The first-order chi connectivity index (χ1) is 12.7. The topological polar surface area (TPSA) is 93.0 Å². The molecule has 0 aliphatic heterocycles. The highest BCUT2D eigenvalue weighted by molar-refractivity contribution is 6.00. The normalized spacial score (nSPS) is 17.7. The minimum Gasteiger partial charge on any atom is -0.497 e. The number of methoxy groups -OCH3 is 1. The molecule has 0 bridgehead atoms. The predicted molar refractivity (Wildman–Crippen MR) is 106 cm³/mol. The van der Waals surface area contributed by atoms with Crippen LogP contribution in [0.5, 0.6) is 5.75 Å². The average molecular weight is 385 g/mol. The van der Waals surface area contributed by atoms with E-state index in [1.54, 1.807) is 7.11 Å². The highest BCUT2D eigenvalue weighted by Gasteiger charge is 2.31. The van der Waals surface area contributed by atoms with E-state index < -0.39 is 0 Å². The number of rotatable bonds is 4. The lowest BCUT2D eigenvalue weighted by Crippen LogP contribution is -2.40. The van der Waals surface area contributed by atoms with Gasteiger partial charge in [-0.15, -0.1) is 12.4 Å². The van der Waals surface area contributed by atoms with Gasteiger partial charge in [-0.3, -0.25) is 9.89 Å². The maximum absolute atomic E-state index is 12.8. The number of hydrogen-bond acceptors (Lipinski definition) is 4. The van der Waals surface area contributed by atoms with Crippen molar-refractivity contribution in [2.75, 3.05) is 7.11 Å². The van der Waals surface area contributed by atoms with Gasteiger partial charge >= 0.3 is 0 Å². The molecule has 0 fully saturated rings. The van der Waals surface area contributed by atoms with Gasteiger partial charge in [0.15, 0.2) is 0 Å². The van der Waals surface area contributed by atoms with Crippen molar-refractivity contribution in [1.29, 1.82) is 0 Å². The standard InChI is InChI=1S/C20H20N4O2.ClH/c1-26-14-7-4-6-13(9-14)19-16(11-22-24-19)20(25)23-17-10-12-5-2-3-8-15(12)18(17)21;/h2-9,11,17-18H,10,21H2,1H3,(H,22,24)(H,23,25);1H/t17-,18-;/m0./s1. The lowest BCUT2D eigenvalue weighted by atomic mass is 10.1. The van der Waals surface area contributed by atoms with Gasteiger partial charge in [-0.2, -0.15) is 5.10 Å². The number of carbonyl (C=O) groups is 1. The van der Waals surface area contributed by atoms with Crippen molar-refractivity contribution in [2.45, 2.75) is 18.5 Å². The first-order valence-corrected chi connectivity index (χ1v) is 8.49. The van der Waals surface area contributed by atoms with Crippen molar-refractivity contribution < 1.29 is 9.53 Å². The second-order valence-corrected chi connectivity index (χ2v) is 6.40. The molecule has 2 aromatic carbocycles. The van der Waals surface area contributed by atoms with E-state index in [-0.39, 0.29) is 30.4 Å². The van der Waals surface area contributed by atoms with Crippen molar-refractivity contribution in [3.8, 4) is 17.0 Å². The fourth-order valence-corrected chi connectivity index (χ4v) is 3.47. The summed E-state index contributed by atoms with van der Waals surface area (Å²) in [4.78, 5) is 12.8. The van der Waals surface area contributed by atoms with Gasteiger partial charge in [0.25, 0.3) is 5.91 Å². The molecular weight excluding hydrogens is 364 g/mol. The van der Waals surface area contributed by atoms with Gasteiger partial charge in [0.05, 0.1) is 36.6 Å². The summed E-state index contributed by atoms with van der Waals surface area (Å²) in [6, 6.07) is 15.2. The minimum absolute atomic E-state index is 0. The Morgan fingerprint density at radius 3 is 2.85 bits per heavy atom. The molecule has 0 saturated carbocycles. The Kier molecular flexibility index (Phi) is 5.48. The Balaban J connectivity index is 0.00000210. The van der Waals surface area contributed by atoms with Crippen LogP contribution in [0.1, 0.15) is 27.5 Å². The largest absolute Gasteiger partial charge is 0.497 e. The van der Waals surface area contributed by atoms with Crippen molar-refractivity contribution in [3.05, 3.63) is 71.4 Å². The zero-order chi connectivity index (χ0) is 18.1. The van der Waals surface area contributed by atoms with Gasteiger partial charge in [0, 0.05) is 5.56 Å². The molecule has 0 spiro atoms. The summed E-state index contributed by atoms with van der Waals surface area (Å²) in [7, 11) is 1.61. The number of amides is 1. The third-order valence-corrected chi connectivity index (χ3v) is 4.85. The Hall–Kier alpha value is -2.83. The Labute approximate surface area is 163 Å². The van der Waals surface area contributed by atoms with Crippen molar-refractivity contribution in [2.24, 2.45) is 5.73 Å². The summed E-state index contributed by atoms with van der Waals surface area (Å²) < 4.78 is 5.26. The van der Waals surface area contributed by atoms with Gasteiger partial charge in [-0.1, -0.05) is 36.4 Å². The number of fused-ring (bicyclic) bond motifs is 1. The second kappa shape index (κ2) is 7.82. The van der Waals surface area contributed by atoms with E-state index >= 15 is 0 Å². The van der Waals surface area contributed by atoms with E-state index in [1.165, 1.54) is 11.8 Å². The fourth-order valence-electron chi connectivity index (χ4n) is 3.47. The van der Waals surface area contributed by atoms with E-state index in [0.29, 0.717) is 11.3 Å². The van der Waals surface area contributed by atoms with Gasteiger partial charge in [-0.05, 0) is 29.7 Å². The molecule has 4 N–H and O–H groups in total. The molecule has 6 nitrogen and oxygen atoms in total. The smallest absolute Gasteiger partial charge is 0.255 e. The molecule has 0 unspecified atom stereocenters. The van der Waals surface area contributed by atoms with Gasteiger partial charge in [-0.25, -0.2) is 0 Å². The van der Waals surface area contributed by atoms with Gasteiger partial charge < -0.3 is 15.8 Å². The van der Waals surface area contributed by atoms with Crippen LogP contribution in [0.3, 0.4) is 0 Å². The van der Waals surface area contributed by atoms with E-state index in [9.17, 15) is 4.79 Å². The molecule has 1 aliphatic carbocycles. The Bertz CT molecular complexity index is 956. The van der Waals surface area contributed by atoms with E-state index in [0.717, 1.165) is 23.3 Å². The molecule has 140 valence electrons. The van der Waals surface area contributed by atoms with Crippen molar-refractivity contribution >= 4 is 18.3 Å². The Morgan fingerprint density at radius 1 is 1.26 bits per heavy atom. The van der Waals surface area contributed by atoms with Crippen molar-refractivity contribution in [1.82, 2.24) is 15.5 Å². The molecule has 1 aromatic heterocycles. The van der Waals surface area contributed by atoms with Crippen LogP contribution in [-0.4, -0.2) is 29.3 Å². The summed E-state index contributed by atoms with van der Waals surface area (Å²) in [5.74, 6) is 0.529. The maximum atomic E-state index is 12.8. The number of nitrogens with one attached hydrogen (secondary N) is 2. The molecule has 1 aliphatic rings. The summed E-state index contributed by atoms with van der Waals surface area (Å²) in [6.45, 7) is 0. The van der Waals surface area contributed by atoms with Crippen LogP contribution in [0.25, 0.3) is 11.3 Å². The number of nitrogens with two attached hydrogens (primary N) is 1. The van der Waals surface area contributed by atoms with Crippen LogP contribution >= 0.6 is 12.4 Å². The van der Waals surface area contributed by atoms with E-state index in [1.807, 2.05) is 42.5 Å². The number of nitrogens with zero attached hydrogens (tertiary/aromatic N) is 1. The first kappa shape index (κ1) is 18.9. The minimum atomic E-state index is -0.206. The molecule has 27 heavy (non-hydrogen) atoms. The maximum Gasteiger partial charge on any atom is 0.255 e. The van der Waals surface area contributed by atoms with E-state index in [4.69, 9.17) is 10.5 Å². The number of carbonyl (C=O) groups excluding carboxylic acids is 1. The first-order valence-electron chi connectivity index (χ1n) is 8.49. The number of aromatic amines is 1. The summed E-state index contributed by atoms with van der Waals surface area (Å²) >= 11 is 0.